The second kappa shape index (κ2) is 9.84. The molecular weight excluding hydrogens is 466 g/mol. The van der Waals surface area contributed by atoms with Crippen molar-refractivity contribution in [3.05, 3.63) is 45.1 Å². The minimum atomic E-state index is -0.681. The van der Waals surface area contributed by atoms with Crippen LogP contribution in [0, 0.1) is 5.92 Å². The van der Waals surface area contributed by atoms with E-state index >= 15 is 0 Å². The van der Waals surface area contributed by atoms with Crippen LogP contribution in [0.3, 0.4) is 0 Å². The van der Waals surface area contributed by atoms with Crippen LogP contribution in [0.1, 0.15) is 38.6 Å². The van der Waals surface area contributed by atoms with Gasteiger partial charge in [0.05, 0.1) is 13.2 Å². The molecule has 2 heterocycles. The molecule has 2 N–H and O–H groups in total. The molecule has 1 aromatic heterocycles. The molecule has 1 aromatic carbocycles. The van der Waals surface area contributed by atoms with Crippen molar-refractivity contribution in [1.82, 2.24) is 20.2 Å². The molecule has 11 heteroatoms. The van der Waals surface area contributed by atoms with Crippen molar-refractivity contribution in [3.63, 3.8) is 0 Å². The lowest BCUT2D eigenvalue weighted by atomic mass is 10.0. The van der Waals surface area contributed by atoms with Crippen molar-refractivity contribution in [2.75, 3.05) is 13.7 Å². The molecule has 2 aromatic rings. The Kier molecular flexibility index (Phi) is 7.19. The summed E-state index contributed by atoms with van der Waals surface area (Å²) in [5.74, 6) is 0.421. The number of ether oxygens (including phenoxy) is 1. The summed E-state index contributed by atoms with van der Waals surface area (Å²) in [5.41, 5.74) is 10.6. The largest absolute Gasteiger partial charge is 0.453 e. The summed E-state index contributed by atoms with van der Waals surface area (Å²) >= 11 is 3.52. The first-order chi connectivity index (χ1) is 14.8. The molecule has 1 aliphatic heterocycles. The Balaban J connectivity index is 1.85. The highest BCUT2D eigenvalue weighted by atomic mass is 79.9. The molecule has 1 aliphatic rings. The summed E-state index contributed by atoms with van der Waals surface area (Å²) in [7, 11) is 1.27. The van der Waals surface area contributed by atoms with Crippen molar-refractivity contribution in [2.45, 2.75) is 38.8 Å². The van der Waals surface area contributed by atoms with Crippen LogP contribution in [0.4, 0.5) is 10.5 Å². The Bertz CT molecular complexity index is 999. The second-order valence-corrected chi connectivity index (χ2v) is 8.36. The van der Waals surface area contributed by atoms with E-state index in [0.717, 1.165) is 18.4 Å². The predicted octanol–water partition coefficient (Wildman–Crippen LogP) is 4.83. The fourth-order valence-electron chi connectivity index (χ4n) is 3.65. The second-order valence-electron chi connectivity index (χ2n) is 7.57. The molecule has 31 heavy (non-hydrogen) atoms. The lowest BCUT2D eigenvalue weighted by molar-refractivity contribution is -0.135. The summed E-state index contributed by atoms with van der Waals surface area (Å²) < 4.78 is 5.38. The van der Waals surface area contributed by atoms with Crippen LogP contribution in [0.5, 0.6) is 0 Å². The van der Waals surface area contributed by atoms with E-state index in [2.05, 4.69) is 41.0 Å². The summed E-state index contributed by atoms with van der Waals surface area (Å²) in [4.78, 5) is 37.5. The van der Waals surface area contributed by atoms with Crippen LogP contribution in [-0.4, -0.2) is 46.6 Å². The number of nitrogens with one attached hydrogen (secondary N) is 2. The van der Waals surface area contributed by atoms with E-state index in [0.29, 0.717) is 28.4 Å². The molecule has 10 nitrogen and oxygen atoms in total. The van der Waals surface area contributed by atoms with Crippen molar-refractivity contribution in [3.8, 4) is 11.3 Å². The Morgan fingerprint density at radius 2 is 2.10 bits per heavy atom. The average Bonchev–Trinajstić information content (AvgIpc) is 3.38. The van der Waals surface area contributed by atoms with Crippen molar-refractivity contribution >= 4 is 33.6 Å². The molecular formula is C20H24BrN7O3. The number of halogens is 1. The number of azide groups is 1. The fourth-order valence-corrected chi connectivity index (χ4v) is 4.17. The minimum Gasteiger partial charge on any atom is -0.453 e. The zero-order valence-corrected chi connectivity index (χ0v) is 19.1. The van der Waals surface area contributed by atoms with Gasteiger partial charge in [0.15, 0.2) is 0 Å². The van der Waals surface area contributed by atoms with Gasteiger partial charge in [0.1, 0.15) is 22.2 Å². The van der Waals surface area contributed by atoms with E-state index in [-0.39, 0.29) is 17.9 Å². The third-order valence-electron chi connectivity index (χ3n) is 5.22. The molecule has 2 atom stereocenters. The number of H-pyrrole nitrogens is 1. The van der Waals surface area contributed by atoms with Crippen molar-refractivity contribution in [1.29, 1.82) is 0 Å². The molecule has 3 rings (SSSR count). The van der Waals surface area contributed by atoms with Gasteiger partial charge in [-0.25, -0.2) is 9.78 Å². The number of hydrogen-bond donors (Lipinski definition) is 2. The van der Waals surface area contributed by atoms with Gasteiger partial charge in [-0.3, -0.25) is 4.79 Å². The number of rotatable bonds is 6. The number of benzene rings is 1. The Labute approximate surface area is 188 Å². The van der Waals surface area contributed by atoms with Crippen molar-refractivity contribution < 1.29 is 14.3 Å². The summed E-state index contributed by atoms with van der Waals surface area (Å²) in [6.45, 7) is 4.35. The van der Waals surface area contributed by atoms with Crippen LogP contribution in [-0.2, 0) is 9.53 Å². The lowest BCUT2D eigenvalue weighted by Gasteiger charge is -2.29. The quantitative estimate of drug-likeness (QED) is 0.341. The van der Waals surface area contributed by atoms with Gasteiger partial charge in [0.25, 0.3) is 0 Å². The highest BCUT2D eigenvalue weighted by Crippen LogP contribution is 2.35. The molecule has 0 radical (unpaired) electrons. The maximum absolute atomic E-state index is 13.2. The Morgan fingerprint density at radius 3 is 2.71 bits per heavy atom. The fraction of sp³-hybridized carbons (Fsp3) is 0.450. The minimum absolute atomic E-state index is 0.0960. The zero-order valence-electron chi connectivity index (χ0n) is 17.5. The SMILES string of the molecule is COC(=O)N[C@H](C(=O)N1CCC[C@@H]1c1nc(-c2ccc(N=[N+]=[N-])cc2)c(Br)[nH]1)C(C)C. The standard InChI is InChI=1S/C20H24BrN7O3/c1-11(2)15(24-20(30)31-3)19(29)28-10-4-5-14(28)18-23-16(17(21)25-18)12-6-8-13(9-7-12)26-27-22/h6-9,11,14-15H,4-5,10H2,1-3H3,(H,23,25)(H,24,30)/t14-,15+/m1/s1. The smallest absolute Gasteiger partial charge is 0.407 e. The van der Waals surface area contributed by atoms with E-state index in [1.54, 1.807) is 17.0 Å². The van der Waals surface area contributed by atoms with Gasteiger partial charge in [-0.05, 0) is 40.2 Å². The highest BCUT2D eigenvalue weighted by Gasteiger charge is 2.37. The van der Waals surface area contributed by atoms with Crippen LogP contribution in [0.15, 0.2) is 34.0 Å². The normalized spacial score (nSPS) is 16.7. The number of likely N-dealkylation sites (tertiary alicyclic amines) is 1. The van der Waals surface area contributed by atoms with E-state index in [1.807, 2.05) is 26.0 Å². The van der Waals surface area contributed by atoms with Gasteiger partial charge in [0, 0.05) is 22.7 Å². The van der Waals surface area contributed by atoms with Crippen LogP contribution in [0.2, 0.25) is 0 Å². The number of methoxy groups -OCH3 is 1. The molecule has 0 aliphatic carbocycles. The number of aromatic amines is 1. The molecule has 164 valence electrons. The van der Waals surface area contributed by atoms with E-state index < -0.39 is 12.1 Å². The van der Waals surface area contributed by atoms with Gasteiger partial charge < -0.3 is 19.9 Å². The molecule has 0 spiro atoms. The predicted molar refractivity (Wildman–Crippen MR) is 118 cm³/mol. The number of carbonyl (C=O) groups is 2. The number of carbonyl (C=O) groups excluding carboxylic acids is 2. The summed E-state index contributed by atoms with van der Waals surface area (Å²) in [6.07, 6.45) is 0.979. The lowest BCUT2D eigenvalue weighted by Crippen LogP contribution is -2.51. The maximum Gasteiger partial charge on any atom is 0.407 e. The first-order valence-corrected chi connectivity index (χ1v) is 10.7. The van der Waals surface area contributed by atoms with E-state index in [1.165, 1.54) is 7.11 Å². The molecule has 1 saturated heterocycles. The van der Waals surface area contributed by atoms with Gasteiger partial charge in [0.2, 0.25) is 5.91 Å². The van der Waals surface area contributed by atoms with Crippen LogP contribution >= 0.6 is 15.9 Å². The Morgan fingerprint density at radius 1 is 1.39 bits per heavy atom. The van der Waals surface area contributed by atoms with Crippen LogP contribution in [0.25, 0.3) is 21.7 Å². The molecule has 0 saturated carbocycles. The summed E-state index contributed by atoms with van der Waals surface area (Å²) in [6, 6.07) is 6.17. The van der Waals surface area contributed by atoms with Gasteiger partial charge in [-0.2, -0.15) is 0 Å². The molecule has 2 amide bonds. The third kappa shape index (κ3) is 5.00. The zero-order chi connectivity index (χ0) is 22.5. The van der Waals surface area contributed by atoms with Crippen molar-refractivity contribution in [2.24, 2.45) is 11.0 Å². The molecule has 1 fully saturated rings. The van der Waals surface area contributed by atoms with Crippen LogP contribution < -0.4 is 5.32 Å². The highest BCUT2D eigenvalue weighted by molar-refractivity contribution is 9.10. The number of hydrogen-bond acceptors (Lipinski definition) is 5. The number of nitrogens with zero attached hydrogens (tertiary/aromatic N) is 5. The average molecular weight is 490 g/mol. The maximum atomic E-state index is 13.2. The van der Waals surface area contributed by atoms with Gasteiger partial charge >= 0.3 is 6.09 Å². The first-order valence-electron chi connectivity index (χ1n) is 9.91. The number of aromatic nitrogens is 2. The van der Waals surface area contributed by atoms with Gasteiger partial charge in [-0.15, -0.1) is 0 Å². The first kappa shape index (κ1) is 22.6. The topological polar surface area (TPSA) is 136 Å². The number of alkyl carbamates (subject to hydrolysis) is 1. The van der Waals surface area contributed by atoms with Gasteiger partial charge in [-0.1, -0.05) is 43.2 Å². The Hall–Kier alpha value is -3.04. The molecule has 0 unspecified atom stereocenters. The number of imidazole rings is 1. The van der Waals surface area contributed by atoms with E-state index in [9.17, 15) is 9.59 Å². The summed E-state index contributed by atoms with van der Waals surface area (Å²) in [5, 5.41) is 6.22. The van der Waals surface area contributed by atoms with E-state index in [4.69, 9.17) is 10.5 Å². The monoisotopic (exact) mass is 489 g/mol. The third-order valence-corrected chi connectivity index (χ3v) is 5.80. The number of amides is 2. The molecule has 0 bridgehead atoms.